The second-order valence-electron chi connectivity index (χ2n) is 16.9. The van der Waals surface area contributed by atoms with Crippen LogP contribution in [0.1, 0.15) is 91.6 Å². The average Bonchev–Trinajstić information content (AvgIpc) is 3.31. The van der Waals surface area contributed by atoms with Gasteiger partial charge in [0.2, 0.25) is 12.1 Å². The molecule has 1 saturated heterocycles. The summed E-state index contributed by atoms with van der Waals surface area (Å²) in [4.78, 5) is 22.6. The van der Waals surface area contributed by atoms with Crippen LogP contribution in [0.15, 0.2) is 114 Å². The molecule has 11 nitrogen and oxygen atoms in total. The predicted octanol–water partition coefficient (Wildman–Crippen LogP) is 9.44. The number of carbonyl (C=O) groups is 1. The van der Waals surface area contributed by atoms with Gasteiger partial charge in [0, 0.05) is 50.1 Å². The molecular formula is C51H57N3O8. The smallest absolute Gasteiger partial charge is 0.254 e. The Labute approximate surface area is 364 Å². The standard InChI is InChI=1S/C51H57N3O8/c1-3-27-59-51-46(54(2)50(57)36-19-17-34(33-52)18-20-36)32-44(53-62-47-16-8-11-28-58-47)42-30-38(14-6-9-25-55)41(15-7-10-26-56)48(49(42)51)43-31-40(23-24-45(43)61-51)60-39-22-21-35-12-4-5-13-37(35)29-39/h3-5,12-13,17-24,29-31,38,41,46-49,55-56H,1,6-11,14-16,25-28,32H2,2H3. The van der Waals surface area contributed by atoms with Crippen molar-refractivity contribution in [2.75, 3.05) is 33.5 Å². The van der Waals surface area contributed by atoms with Crippen LogP contribution in [0.25, 0.3) is 10.8 Å². The molecule has 2 heterocycles. The van der Waals surface area contributed by atoms with Crippen molar-refractivity contribution in [3.63, 3.8) is 0 Å². The van der Waals surface area contributed by atoms with E-state index in [4.69, 9.17) is 28.9 Å². The van der Waals surface area contributed by atoms with Crippen molar-refractivity contribution in [3.8, 4) is 23.3 Å². The van der Waals surface area contributed by atoms with Gasteiger partial charge in [0.05, 0.1) is 36.5 Å². The van der Waals surface area contributed by atoms with Crippen molar-refractivity contribution in [2.24, 2.45) is 22.9 Å². The van der Waals surface area contributed by atoms with Crippen molar-refractivity contribution in [1.29, 1.82) is 5.26 Å². The molecule has 8 rings (SSSR count). The summed E-state index contributed by atoms with van der Waals surface area (Å²) in [6, 6.07) is 28.3. The van der Waals surface area contributed by atoms with E-state index in [9.17, 15) is 20.3 Å². The van der Waals surface area contributed by atoms with Gasteiger partial charge in [0.1, 0.15) is 23.3 Å². The topological polar surface area (TPSA) is 143 Å². The van der Waals surface area contributed by atoms with Crippen LogP contribution in [0.5, 0.6) is 17.2 Å². The highest BCUT2D eigenvalue weighted by Gasteiger charge is 2.65. The molecule has 2 N–H and O–H groups in total. The molecule has 7 atom stereocenters. The number of oxime groups is 1. The number of aliphatic hydroxyl groups is 2. The van der Waals surface area contributed by atoms with E-state index in [1.165, 1.54) is 0 Å². The van der Waals surface area contributed by atoms with Gasteiger partial charge in [-0.05, 0) is 121 Å². The third-order valence-electron chi connectivity index (χ3n) is 13.1. The number of rotatable bonds is 17. The van der Waals surface area contributed by atoms with Crippen LogP contribution >= 0.6 is 0 Å². The summed E-state index contributed by atoms with van der Waals surface area (Å²) in [6.07, 6.45) is 11.1. The number of ether oxygens (including phenoxy) is 4. The van der Waals surface area contributed by atoms with Crippen molar-refractivity contribution in [3.05, 3.63) is 126 Å². The zero-order chi connectivity index (χ0) is 43.1. The molecule has 0 radical (unpaired) electrons. The van der Waals surface area contributed by atoms with Gasteiger partial charge < -0.3 is 38.9 Å². The van der Waals surface area contributed by atoms with Crippen LogP contribution in [-0.2, 0) is 14.3 Å². The van der Waals surface area contributed by atoms with E-state index in [0.29, 0.717) is 53.5 Å². The van der Waals surface area contributed by atoms with Crippen molar-refractivity contribution >= 4 is 22.4 Å². The number of aliphatic hydroxyl groups excluding tert-OH is 2. The van der Waals surface area contributed by atoms with Crippen LogP contribution in [0.4, 0.5) is 0 Å². The van der Waals surface area contributed by atoms with Crippen LogP contribution in [0.3, 0.4) is 0 Å². The van der Waals surface area contributed by atoms with Gasteiger partial charge in [0.15, 0.2) is 0 Å². The van der Waals surface area contributed by atoms with Gasteiger partial charge in [-0.25, -0.2) is 0 Å². The molecule has 2 aliphatic carbocycles. The van der Waals surface area contributed by atoms with Crippen LogP contribution in [0, 0.1) is 29.1 Å². The Morgan fingerprint density at radius 1 is 0.968 bits per heavy atom. The normalized spacial score (nSPS) is 25.7. The minimum absolute atomic E-state index is 0.0568. The number of nitriles is 1. The minimum Gasteiger partial charge on any atom is -0.459 e. The van der Waals surface area contributed by atoms with Crippen LogP contribution in [0.2, 0.25) is 0 Å². The predicted molar refractivity (Wildman–Crippen MR) is 237 cm³/mol. The summed E-state index contributed by atoms with van der Waals surface area (Å²) in [7, 11) is 1.77. The molecule has 2 fully saturated rings. The molecule has 324 valence electrons. The Bertz CT molecular complexity index is 2310. The summed E-state index contributed by atoms with van der Waals surface area (Å²) in [5.41, 5.74) is 3.50. The van der Waals surface area contributed by atoms with Gasteiger partial charge in [-0.3, -0.25) is 4.79 Å². The molecule has 0 aromatic heterocycles. The molecule has 2 aliphatic heterocycles. The number of allylic oxidation sites excluding steroid dienone is 1. The first-order valence-corrected chi connectivity index (χ1v) is 22.2. The van der Waals surface area contributed by atoms with E-state index < -0.39 is 24.0 Å². The number of benzene rings is 4. The highest BCUT2D eigenvalue weighted by Crippen LogP contribution is 2.62. The lowest BCUT2D eigenvalue weighted by atomic mass is 9.55. The molecule has 4 aromatic rings. The number of amides is 1. The molecule has 1 saturated carbocycles. The molecule has 4 aliphatic rings. The minimum atomic E-state index is -1.40. The van der Waals surface area contributed by atoms with Crippen molar-refractivity contribution in [2.45, 2.75) is 88.2 Å². The van der Waals surface area contributed by atoms with E-state index in [1.807, 2.05) is 36.4 Å². The molecule has 4 aromatic carbocycles. The lowest BCUT2D eigenvalue weighted by Gasteiger charge is -2.59. The number of carbonyl (C=O) groups excluding carboxylic acids is 1. The zero-order valence-corrected chi connectivity index (χ0v) is 35.5. The number of unbranched alkanes of at least 4 members (excludes halogenated alkanes) is 2. The molecule has 11 heteroatoms. The molecule has 1 amide bonds. The lowest BCUT2D eigenvalue weighted by molar-refractivity contribution is -0.252. The van der Waals surface area contributed by atoms with E-state index >= 15 is 0 Å². The summed E-state index contributed by atoms with van der Waals surface area (Å²) < 4.78 is 27.0. The van der Waals surface area contributed by atoms with Gasteiger partial charge in [-0.15, -0.1) is 6.58 Å². The van der Waals surface area contributed by atoms with E-state index in [1.54, 1.807) is 42.3 Å². The number of hydrogen-bond acceptors (Lipinski definition) is 10. The molecular weight excluding hydrogens is 783 g/mol. The second kappa shape index (κ2) is 19.7. The van der Waals surface area contributed by atoms with Crippen molar-refractivity contribution < 1.29 is 38.8 Å². The number of hydrogen-bond donors (Lipinski definition) is 2. The Morgan fingerprint density at radius 3 is 2.47 bits per heavy atom. The molecule has 7 unspecified atom stereocenters. The summed E-state index contributed by atoms with van der Waals surface area (Å²) >= 11 is 0. The first-order valence-electron chi connectivity index (χ1n) is 22.2. The van der Waals surface area contributed by atoms with E-state index in [2.05, 4.69) is 43.0 Å². The van der Waals surface area contributed by atoms with E-state index in [-0.39, 0.29) is 49.9 Å². The summed E-state index contributed by atoms with van der Waals surface area (Å²) in [5, 5.41) is 36.5. The molecule has 62 heavy (non-hydrogen) atoms. The van der Waals surface area contributed by atoms with Crippen LogP contribution in [-0.4, -0.2) is 78.3 Å². The first kappa shape index (κ1) is 43.2. The number of likely N-dealkylation sites (N-methyl/N-ethyl adjacent to an activating group) is 1. The van der Waals surface area contributed by atoms with Gasteiger partial charge >= 0.3 is 0 Å². The maximum absolute atomic E-state index is 14.6. The van der Waals surface area contributed by atoms with Crippen molar-refractivity contribution in [1.82, 2.24) is 4.90 Å². The maximum atomic E-state index is 14.6. The van der Waals surface area contributed by atoms with Gasteiger partial charge in [-0.2, -0.15) is 5.26 Å². The molecule has 0 bridgehead atoms. The summed E-state index contributed by atoms with van der Waals surface area (Å²) in [5.74, 6) is -0.185. The summed E-state index contributed by atoms with van der Waals surface area (Å²) in [6.45, 7) is 4.98. The quantitative estimate of drug-likeness (QED) is 0.0604. The highest BCUT2D eigenvalue weighted by molar-refractivity contribution is 6.03. The fraction of sp³-hybridized carbons (Fsp3) is 0.431. The fourth-order valence-corrected chi connectivity index (χ4v) is 10.1. The third-order valence-corrected chi connectivity index (χ3v) is 13.1. The first-order chi connectivity index (χ1) is 30.4. The largest absolute Gasteiger partial charge is 0.459 e. The number of fused-ring (bicyclic) bond motifs is 3. The maximum Gasteiger partial charge on any atom is 0.254 e. The Morgan fingerprint density at radius 2 is 1.73 bits per heavy atom. The second-order valence-corrected chi connectivity index (χ2v) is 16.9. The third kappa shape index (κ3) is 8.88. The monoisotopic (exact) mass is 839 g/mol. The fourth-order valence-electron chi connectivity index (χ4n) is 10.1. The van der Waals surface area contributed by atoms with Crippen LogP contribution < -0.4 is 9.47 Å². The number of nitrogens with zero attached hydrogens (tertiary/aromatic N) is 3. The van der Waals surface area contributed by atoms with Gasteiger partial charge in [0.25, 0.3) is 5.91 Å². The lowest BCUT2D eigenvalue weighted by Crippen LogP contribution is -2.69. The average molecular weight is 840 g/mol. The van der Waals surface area contributed by atoms with Gasteiger partial charge in [-0.1, -0.05) is 60.5 Å². The molecule has 0 spiro atoms. The Hall–Kier alpha value is -5.51. The SMILES string of the molecule is C=CCOC12Oc3ccc(Oc4ccc5ccccc5c4)cc3C3C(CCCCO)C(CCCCO)C=C(C(=NOC4CCCCO4)CC1N(C)C(=O)c1ccc(C#N)cc1)C32. The Balaban J connectivity index is 1.30. The Kier molecular flexibility index (Phi) is 13.7. The highest BCUT2D eigenvalue weighted by atomic mass is 16.8. The zero-order valence-electron chi connectivity index (χ0n) is 35.5. The van der Waals surface area contributed by atoms with E-state index in [0.717, 1.165) is 66.9 Å².